The van der Waals surface area contributed by atoms with Gasteiger partial charge in [0.1, 0.15) is 5.01 Å². The number of thiazole rings is 1. The molecule has 1 aromatic carbocycles. The normalized spacial score (nSPS) is 16.6. The molecule has 0 bridgehead atoms. The molecule has 1 amide bonds. The van der Waals surface area contributed by atoms with Gasteiger partial charge < -0.3 is 10.4 Å². The zero-order valence-corrected chi connectivity index (χ0v) is 16.3. The van der Waals surface area contributed by atoms with Crippen molar-refractivity contribution in [2.75, 3.05) is 0 Å². The first-order valence-electron chi connectivity index (χ1n) is 8.57. The topological polar surface area (TPSA) is 79.3 Å². The first-order chi connectivity index (χ1) is 12.3. The van der Waals surface area contributed by atoms with Crippen LogP contribution in [-0.4, -0.2) is 22.0 Å². The Labute approximate surface area is 161 Å². The molecule has 138 valence electrons. The number of aryl methyl sites for hydroxylation is 1. The van der Waals surface area contributed by atoms with Crippen molar-refractivity contribution in [3.63, 3.8) is 0 Å². The van der Waals surface area contributed by atoms with E-state index in [0.717, 1.165) is 27.6 Å². The Morgan fingerprint density at radius 3 is 2.54 bits per heavy atom. The molecule has 1 heterocycles. The predicted molar refractivity (Wildman–Crippen MR) is 102 cm³/mol. The number of benzene rings is 1. The zero-order valence-electron chi connectivity index (χ0n) is 14.7. The van der Waals surface area contributed by atoms with Crippen molar-refractivity contribution >= 4 is 34.8 Å². The van der Waals surface area contributed by atoms with Crippen LogP contribution in [0.25, 0.3) is 11.3 Å². The van der Waals surface area contributed by atoms with E-state index in [2.05, 4.69) is 10.3 Å². The van der Waals surface area contributed by atoms with Crippen LogP contribution < -0.4 is 5.32 Å². The second-order valence-electron chi connectivity index (χ2n) is 6.87. The van der Waals surface area contributed by atoms with Crippen LogP contribution in [0.5, 0.6) is 0 Å². The summed E-state index contributed by atoms with van der Waals surface area (Å²) in [6.45, 7) is 3.86. The van der Waals surface area contributed by atoms with E-state index in [1.165, 1.54) is 11.3 Å². The summed E-state index contributed by atoms with van der Waals surface area (Å²) in [7, 11) is 0. The van der Waals surface area contributed by atoms with Gasteiger partial charge in [0.05, 0.1) is 17.2 Å². The molecule has 0 aliphatic heterocycles. The fourth-order valence-electron chi connectivity index (χ4n) is 3.21. The van der Waals surface area contributed by atoms with Gasteiger partial charge in [-0.2, -0.15) is 0 Å². The summed E-state index contributed by atoms with van der Waals surface area (Å²) >= 11 is 7.47. The van der Waals surface area contributed by atoms with Crippen molar-refractivity contribution in [2.24, 2.45) is 5.41 Å². The third kappa shape index (κ3) is 3.76. The average Bonchev–Trinajstić information content (AvgIpc) is 2.93. The van der Waals surface area contributed by atoms with Gasteiger partial charge in [-0.3, -0.25) is 9.59 Å². The number of carboxylic acids is 1. The van der Waals surface area contributed by atoms with Crippen LogP contribution in [0.3, 0.4) is 0 Å². The van der Waals surface area contributed by atoms with Crippen LogP contribution >= 0.6 is 22.9 Å². The van der Waals surface area contributed by atoms with Gasteiger partial charge in [0.2, 0.25) is 5.91 Å². The van der Waals surface area contributed by atoms with Crippen molar-refractivity contribution in [3.8, 4) is 11.3 Å². The summed E-state index contributed by atoms with van der Waals surface area (Å²) in [4.78, 5) is 29.5. The largest absolute Gasteiger partial charge is 0.481 e. The molecule has 1 aliphatic carbocycles. The molecule has 1 aromatic heterocycles. The van der Waals surface area contributed by atoms with E-state index in [0.29, 0.717) is 17.9 Å². The molecular weight excluding hydrogens is 372 g/mol. The summed E-state index contributed by atoms with van der Waals surface area (Å²) in [5, 5.41) is 13.7. The van der Waals surface area contributed by atoms with Crippen LogP contribution in [0.15, 0.2) is 24.3 Å². The van der Waals surface area contributed by atoms with Gasteiger partial charge in [-0.25, -0.2) is 4.98 Å². The fraction of sp³-hybridized carbons (Fsp3) is 0.421. The lowest BCUT2D eigenvalue weighted by Crippen LogP contribution is -2.43. The molecule has 1 saturated carbocycles. The number of aliphatic carboxylic acids is 1. The Morgan fingerprint density at radius 2 is 2.00 bits per heavy atom. The quantitative estimate of drug-likeness (QED) is 0.753. The van der Waals surface area contributed by atoms with Crippen LogP contribution in [-0.2, 0) is 9.59 Å². The van der Waals surface area contributed by atoms with E-state index >= 15 is 0 Å². The van der Waals surface area contributed by atoms with E-state index in [4.69, 9.17) is 11.6 Å². The summed E-state index contributed by atoms with van der Waals surface area (Å²) in [6.07, 6.45) is 2.04. The van der Waals surface area contributed by atoms with Crippen molar-refractivity contribution in [1.82, 2.24) is 10.3 Å². The first-order valence-corrected chi connectivity index (χ1v) is 9.76. The summed E-state index contributed by atoms with van der Waals surface area (Å²) in [5.41, 5.74) is 0.979. The summed E-state index contributed by atoms with van der Waals surface area (Å²) in [6, 6.07) is 7.22. The number of aromatic nitrogens is 1. The number of rotatable bonds is 6. The lowest BCUT2D eigenvalue weighted by molar-refractivity contribution is -0.157. The molecule has 1 unspecified atom stereocenters. The summed E-state index contributed by atoms with van der Waals surface area (Å²) in [5.74, 6) is -1.11. The highest BCUT2D eigenvalue weighted by Gasteiger charge is 2.46. The Bertz CT molecular complexity index is 828. The van der Waals surface area contributed by atoms with Gasteiger partial charge in [-0.05, 0) is 38.8 Å². The predicted octanol–water partition coefficient (Wildman–Crippen LogP) is 4.59. The minimum atomic E-state index is -0.878. The van der Waals surface area contributed by atoms with Crippen LogP contribution in [0.4, 0.5) is 0 Å². The van der Waals surface area contributed by atoms with Gasteiger partial charge >= 0.3 is 5.97 Å². The Morgan fingerprint density at radius 1 is 1.35 bits per heavy atom. The number of carbonyl (C=O) groups excluding carboxylic acids is 1. The Kier molecular flexibility index (Phi) is 5.34. The molecular formula is C19H21ClN2O3S. The number of halogens is 1. The maximum Gasteiger partial charge on any atom is 0.310 e. The number of carbonyl (C=O) groups is 2. The monoisotopic (exact) mass is 392 g/mol. The Hall–Kier alpha value is -1.92. The van der Waals surface area contributed by atoms with Crippen LogP contribution in [0, 0.1) is 12.3 Å². The van der Waals surface area contributed by atoms with Crippen LogP contribution in [0.2, 0.25) is 5.02 Å². The van der Waals surface area contributed by atoms with Gasteiger partial charge in [0.25, 0.3) is 0 Å². The highest BCUT2D eigenvalue weighted by molar-refractivity contribution is 7.12. The number of hydrogen-bond acceptors (Lipinski definition) is 4. The molecule has 0 spiro atoms. The number of nitrogens with one attached hydrogen (secondary N) is 1. The van der Waals surface area contributed by atoms with Crippen molar-refractivity contribution in [2.45, 2.75) is 45.6 Å². The zero-order chi connectivity index (χ0) is 18.9. The van der Waals surface area contributed by atoms with Gasteiger partial charge in [-0.15, -0.1) is 11.3 Å². The minimum absolute atomic E-state index is 0.0288. The second-order valence-corrected chi connectivity index (χ2v) is 8.54. The number of carboxylic acid groups (broad SMARTS) is 1. The fourth-order valence-corrected chi connectivity index (χ4v) is 4.28. The van der Waals surface area contributed by atoms with Gasteiger partial charge in [0.15, 0.2) is 0 Å². The average molecular weight is 393 g/mol. The van der Waals surface area contributed by atoms with Crippen molar-refractivity contribution in [1.29, 1.82) is 0 Å². The molecule has 0 saturated heterocycles. The Balaban J connectivity index is 1.69. The van der Waals surface area contributed by atoms with Gasteiger partial charge in [-0.1, -0.05) is 30.2 Å². The van der Waals surface area contributed by atoms with E-state index in [1.54, 1.807) is 0 Å². The lowest BCUT2D eigenvalue weighted by atomic mass is 9.66. The molecule has 7 heteroatoms. The first kappa shape index (κ1) is 18.9. The standard InChI is InChI=1S/C19H21ClN2O3S/c1-11(21-15(23)10-19(18(24)25)8-3-9-19)17-22-16(12(2)26-17)13-4-6-14(20)7-5-13/h4-7,11H,3,8-10H2,1-2H3,(H,21,23)(H,24,25). The molecule has 2 N–H and O–H groups in total. The third-order valence-corrected chi connectivity index (χ3v) is 6.35. The molecule has 26 heavy (non-hydrogen) atoms. The summed E-state index contributed by atoms with van der Waals surface area (Å²) < 4.78 is 0. The van der Waals surface area contributed by atoms with E-state index in [1.807, 2.05) is 38.1 Å². The number of nitrogens with zero attached hydrogens (tertiary/aromatic N) is 1. The van der Waals surface area contributed by atoms with Gasteiger partial charge in [0, 0.05) is 21.9 Å². The third-order valence-electron chi connectivity index (χ3n) is 4.94. The molecule has 1 fully saturated rings. The van der Waals surface area contributed by atoms with Crippen LogP contribution in [0.1, 0.15) is 48.5 Å². The minimum Gasteiger partial charge on any atom is -0.481 e. The molecule has 0 radical (unpaired) electrons. The SMILES string of the molecule is Cc1sc(C(C)NC(=O)CC2(C(=O)O)CCC2)nc1-c1ccc(Cl)cc1. The highest BCUT2D eigenvalue weighted by Crippen LogP contribution is 2.44. The molecule has 3 rings (SSSR count). The number of hydrogen-bond donors (Lipinski definition) is 2. The molecule has 1 atom stereocenters. The second kappa shape index (κ2) is 7.37. The highest BCUT2D eigenvalue weighted by atomic mass is 35.5. The van der Waals surface area contributed by atoms with E-state index in [9.17, 15) is 14.7 Å². The maximum absolute atomic E-state index is 12.3. The van der Waals surface area contributed by atoms with Crippen molar-refractivity contribution in [3.05, 3.63) is 39.2 Å². The maximum atomic E-state index is 12.3. The number of amides is 1. The molecule has 5 nitrogen and oxygen atoms in total. The van der Waals surface area contributed by atoms with E-state index < -0.39 is 11.4 Å². The van der Waals surface area contributed by atoms with E-state index in [-0.39, 0.29) is 18.4 Å². The van der Waals surface area contributed by atoms with Crippen molar-refractivity contribution < 1.29 is 14.7 Å². The smallest absolute Gasteiger partial charge is 0.310 e. The lowest BCUT2D eigenvalue weighted by Gasteiger charge is -2.37. The molecule has 1 aliphatic rings. The molecule has 2 aromatic rings.